The minimum Gasteiger partial charge on any atom is -0.481 e. The van der Waals surface area contributed by atoms with Gasteiger partial charge in [0.15, 0.2) is 0 Å². The largest absolute Gasteiger partial charge is 0.481 e. The molecule has 0 amide bonds. The zero-order chi connectivity index (χ0) is 10.6. The maximum absolute atomic E-state index is 13.2. The Morgan fingerprint density at radius 1 is 1.57 bits per heavy atom. The fourth-order valence-electron chi connectivity index (χ4n) is 1.15. The third-order valence-corrected chi connectivity index (χ3v) is 1.84. The van der Waals surface area contributed by atoms with E-state index in [9.17, 15) is 9.18 Å². The highest BCUT2D eigenvalue weighted by molar-refractivity contribution is 5.76. The Morgan fingerprint density at radius 3 is 2.71 bits per heavy atom. The molecule has 76 valence electrons. The number of benzene rings is 1. The van der Waals surface area contributed by atoms with Crippen molar-refractivity contribution in [3.05, 3.63) is 35.6 Å². The molecule has 0 radical (unpaired) electrons. The highest BCUT2D eigenvalue weighted by atomic mass is 19.1. The van der Waals surface area contributed by atoms with E-state index in [0.717, 1.165) is 0 Å². The van der Waals surface area contributed by atoms with E-state index in [1.165, 1.54) is 18.2 Å². The van der Waals surface area contributed by atoms with Gasteiger partial charge in [-0.2, -0.15) is 0 Å². The van der Waals surface area contributed by atoms with E-state index in [-0.39, 0.29) is 12.2 Å². The molecule has 4 nitrogen and oxygen atoms in total. The molecule has 0 heterocycles. The standard InChI is InChI=1S/C9H10FNO3/c10-8-4-2-1-3-6(8)7(5-14-11)9(12)13/h1-4,7H,5,11H2,(H,12,13). The van der Waals surface area contributed by atoms with Crippen LogP contribution in [0.3, 0.4) is 0 Å². The van der Waals surface area contributed by atoms with Gasteiger partial charge in [0.1, 0.15) is 11.7 Å². The van der Waals surface area contributed by atoms with E-state index in [4.69, 9.17) is 11.0 Å². The molecule has 1 aromatic rings. The van der Waals surface area contributed by atoms with Crippen LogP contribution in [0.1, 0.15) is 11.5 Å². The highest BCUT2D eigenvalue weighted by Gasteiger charge is 2.22. The van der Waals surface area contributed by atoms with E-state index in [1.807, 2.05) is 0 Å². The SMILES string of the molecule is NOCC(C(=O)O)c1ccccc1F. The number of hydrogen-bond acceptors (Lipinski definition) is 3. The van der Waals surface area contributed by atoms with Crippen LogP contribution in [0.15, 0.2) is 24.3 Å². The zero-order valence-electron chi connectivity index (χ0n) is 7.31. The number of halogens is 1. The average molecular weight is 199 g/mol. The van der Waals surface area contributed by atoms with E-state index in [1.54, 1.807) is 6.07 Å². The molecule has 1 atom stereocenters. The van der Waals surface area contributed by atoms with Crippen LogP contribution in [0.5, 0.6) is 0 Å². The monoisotopic (exact) mass is 199 g/mol. The second-order valence-electron chi connectivity index (χ2n) is 2.75. The molecule has 0 saturated heterocycles. The Morgan fingerprint density at radius 2 is 2.21 bits per heavy atom. The van der Waals surface area contributed by atoms with Crippen LogP contribution in [-0.4, -0.2) is 17.7 Å². The van der Waals surface area contributed by atoms with Crippen molar-refractivity contribution in [2.45, 2.75) is 5.92 Å². The third-order valence-electron chi connectivity index (χ3n) is 1.84. The molecule has 0 fully saturated rings. The van der Waals surface area contributed by atoms with Crippen LogP contribution in [0.4, 0.5) is 4.39 Å². The predicted molar refractivity (Wildman–Crippen MR) is 46.9 cm³/mol. The highest BCUT2D eigenvalue weighted by Crippen LogP contribution is 2.19. The van der Waals surface area contributed by atoms with Crippen LogP contribution in [-0.2, 0) is 9.63 Å². The summed E-state index contributed by atoms with van der Waals surface area (Å²) in [5.74, 6) is 1.96. The van der Waals surface area contributed by atoms with Crippen molar-refractivity contribution >= 4 is 5.97 Å². The van der Waals surface area contributed by atoms with Gasteiger partial charge in [0, 0.05) is 5.56 Å². The van der Waals surface area contributed by atoms with Crippen molar-refractivity contribution in [2.24, 2.45) is 5.90 Å². The van der Waals surface area contributed by atoms with Crippen molar-refractivity contribution in [2.75, 3.05) is 6.61 Å². The van der Waals surface area contributed by atoms with Crippen molar-refractivity contribution in [1.29, 1.82) is 0 Å². The van der Waals surface area contributed by atoms with Crippen molar-refractivity contribution < 1.29 is 19.1 Å². The summed E-state index contributed by atoms with van der Waals surface area (Å²) in [5, 5.41) is 8.78. The minimum absolute atomic E-state index is 0.0745. The number of carbonyl (C=O) groups is 1. The van der Waals surface area contributed by atoms with Gasteiger partial charge in [-0.1, -0.05) is 18.2 Å². The van der Waals surface area contributed by atoms with Gasteiger partial charge in [-0.25, -0.2) is 10.3 Å². The fourth-order valence-corrected chi connectivity index (χ4v) is 1.15. The Balaban J connectivity index is 2.99. The second kappa shape index (κ2) is 4.69. The maximum Gasteiger partial charge on any atom is 0.313 e. The van der Waals surface area contributed by atoms with Crippen LogP contribution in [0.25, 0.3) is 0 Å². The van der Waals surface area contributed by atoms with Crippen molar-refractivity contribution in [3.8, 4) is 0 Å². The summed E-state index contributed by atoms with van der Waals surface area (Å²) >= 11 is 0. The van der Waals surface area contributed by atoms with E-state index >= 15 is 0 Å². The Bertz CT molecular complexity index is 330. The van der Waals surface area contributed by atoms with E-state index in [0.29, 0.717) is 0 Å². The van der Waals surface area contributed by atoms with Crippen molar-refractivity contribution in [1.82, 2.24) is 0 Å². The molecule has 1 aromatic carbocycles. The summed E-state index contributed by atoms with van der Waals surface area (Å²) in [7, 11) is 0. The lowest BCUT2D eigenvalue weighted by atomic mass is 10.00. The molecule has 0 saturated carbocycles. The van der Waals surface area contributed by atoms with Gasteiger partial charge in [-0.05, 0) is 6.07 Å². The van der Waals surface area contributed by atoms with Gasteiger partial charge in [-0.15, -0.1) is 0 Å². The molecule has 0 spiro atoms. The first-order chi connectivity index (χ1) is 6.66. The summed E-state index contributed by atoms with van der Waals surface area (Å²) in [4.78, 5) is 15.0. The molecular formula is C9H10FNO3. The molecule has 1 rings (SSSR count). The van der Waals surface area contributed by atoms with Crippen molar-refractivity contribution in [3.63, 3.8) is 0 Å². The second-order valence-corrected chi connectivity index (χ2v) is 2.75. The van der Waals surface area contributed by atoms with Gasteiger partial charge in [0.2, 0.25) is 0 Å². The molecule has 0 bridgehead atoms. The fraction of sp³-hybridized carbons (Fsp3) is 0.222. The predicted octanol–water partition coefficient (Wildman–Crippen LogP) is 0.884. The zero-order valence-corrected chi connectivity index (χ0v) is 7.31. The molecule has 0 aliphatic heterocycles. The maximum atomic E-state index is 13.2. The van der Waals surface area contributed by atoms with Gasteiger partial charge in [0.05, 0.1) is 6.61 Å². The number of rotatable bonds is 4. The summed E-state index contributed by atoms with van der Waals surface area (Å²) in [6, 6.07) is 5.64. The number of nitrogens with two attached hydrogens (primary N) is 1. The van der Waals surface area contributed by atoms with Gasteiger partial charge in [0.25, 0.3) is 0 Å². The van der Waals surface area contributed by atoms with E-state index < -0.39 is 17.7 Å². The van der Waals surface area contributed by atoms with Crippen LogP contribution in [0.2, 0.25) is 0 Å². The molecule has 0 aromatic heterocycles. The van der Waals surface area contributed by atoms with Gasteiger partial charge >= 0.3 is 5.97 Å². The molecule has 0 aliphatic rings. The first-order valence-corrected chi connectivity index (χ1v) is 3.95. The quantitative estimate of drug-likeness (QED) is 0.706. The molecule has 5 heteroatoms. The molecule has 1 unspecified atom stereocenters. The lowest BCUT2D eigenvalue weighted by molar-refractivity contribution is -0.140. The first-order valence-electron chi connectivity index (χ1n) is 3.95. The number of carboxylic acid groups (broad SMARTS) is 1. The summed E-state index contributed by atoms with van der Waals surface area (Å²) < 4.78 is 13.2. The Hall–Kier alpha value is -1.46. The lowest BCUT2D eigenvalue weighted by Crippen LogP contribution is -2.20. The van der Waals surface area contributed by atoms with E-state index in [2.05, 4.69) is 4.84 Å². The molecule has 3 N–H and O–H groups in total. The number of carboxylic acids is 1. The smallest absolute Gasteiger partial charge is 0.313 e. The lowest BCUT2D eigenvalue weighted by Gasteiger charge is -2.11. The first kappa shape index (κ1) is 10.6. The normalized spacial score (nSPS) is 12.4. The number of hydrogen-bond donors (Lipinski definition) is 2. The number of aliphatic carboxylic acids is 1. The summed E-state index contributed by atoms with van der Waals surface area (Å²) in [6.07, 6.45) is 0. The van der Waals surface area contributed by atoms with Crippen LogP contribution < -0.4 is 5.90 Å². The molecule has 0 aliphatic carbocycles. The molecular weight excluding hydrogens is 189 g/mol. The summed E-state index contributed by atoms with van der Waals surface area (Å²) in [5.41, 5.74) is 0.0745. The topological polar surface area (TPSA) is 72.5 Å². The third kappa shape index (κ3) is 2.27. The van der Waals surface area contributed by atoms with Gasteiger partial charge < -0.3 is 9.94 Å². The average Bonchev–Trinajstić information content (AvgIpc) is 2.15. The Kier molecular flexibility index (Phi) is 3.55. The van der Waals surface area contributed by atoms with Crippen LogP contribution >= 0.6 is 0 Å². The Labute approximate surface area is 80.1 Å². The minimum atomic E-state index is -1.17. The van der Waals surface area contributed by atoms with Crippen LogP contribution in [0, 0.1) is 5.82 Å². The molecule has 14 heavy (non-hydrogen) atoms. The van der Waals surface area contributed by atoms with Gasteiger partial charge in [-0.3, -0.25) is 4.79 Å². The summed E-state index contributed by atoms with van der Waals surface area (Å²) in [6.45, 7) is -0.254.